The highest BCUT2D eigenvalue weighted by Gasteiger charge is 2.22. The molecule has 1 fully saturated rings. The maximum absolute atomic E-state index is 6.45. The number of ether oxygens (including phenoxy) is 1. The zero-order valence-corrected chi connectivity index (χ0v) is 13.4. The minimum Gasteiger partial charge on any atom is -0.381 e. The molecule has 0 spiro atoms. The summed E-state index contributed by atoms with van der Waals surface area (Å²) in [6.07, 6.45) is 2.53. The summed E-state index contributed by atoms with van der Waals surface area (Å²) >= 11 is 6.45. The number of rotatable bonds is 5. The molecule has 1 aromatic carbocycles. The molecule has 0 atom stereocenters. The number of hydrogen-bond donors (Lipinski definition) is 1. The molecule has 1 aliphatic rings. The first-order valence-electron chi connectivity index (χ1n) is 7.40. The second-order valence-electron chi connectivity index (χ2n) is 5.71. The number of anilines is 1. The number of para-hydroxylation sites is 1. The smallest absolute Gasteiger partial charge is 0.0642 e. The molecule has 2 rings (SSSR count). The molecule has 3 nitrogen and oxygen atoms in total. The Morgan fingerprint density at radius 3 is 2.65 bits per heavy atom. The summed E-state index contributed by atoms with van der Waals surface area (Å²) in [6.45, 7) is 7.20. The fraction of sp³-hybridized carbons (Fsp3) is 0.625. The van der Waals surface area contributed by atoms with E-state index in [9.17, 15) is 0 Å². The summed E-state index contributed by atoms with van der Waals surface area (Å²) in [5.41, 5.74) is 2.47. The maximum Gasteiger partial charge on any atom is 0.0642 e. The fourth-order valence-electron chi connectivity index (χ4n) is 2.69. The van der Waals surface area contributed by atoms with Gasteiger partial charge in [-0.15, -0.1) is 0 Å². The lowest BCUT2D eigenvalue weighted by Gasteiger charge is -2.35. The first-order chi connectivity index (χ1) is 9.61. The average molecular weight is 297 g/mol. The maximum atomic E-state index is 6.45. The van der Waals surface area contributed by atoms with Gasteiger partial charge in [0.1, 0.15) is 0 Å². The number of halogens is 1. The molecule has 0 bridgehead atoms. The number of methoxy groups -OCH3 is 1. The largest absolute Gasteiger partial charge is 0.381 e. The highest BCUT2D eigenvalue weighted by molar-refractivity contribution is 6.33. The third-order valence-electron chi connectivity index (χ3n) is 3.86. The Morgan fingerprint density at radius 2 is 2.05 bits per heavy atom. The molecule has 0 aromatic heterocycles. The molecular formula is C16H25ClN2O. The predicted octanol–water partition coefficient (Wildman–Crippen LogP) is 3.45. The molecule has 1 N–H and O–H groups in total. The van der Waals surface area contributed by atoms with E-state index in [4.69, 9.17) is 16.3 Å². The van der Waals surface area contributed by atoms with Crippen molar-refractivity contribution in [1.29, 1.82) is 0 Å². The van der Waals surface area contributed by atoms with Crippen LogP contribution in [0.25, 0.3) is 0 Å². The summed E-state index contributed by atoms with van der Waals surface area (Å²) in [5.74, 6) is 0. The highest BCUT2D eigenvalue weighted by atomic mass is 35.5. The molecule has 1 heterocycles. The summed E-state index contributed by atoms with van der Waals surface area (Å²) in [4.78, 5) is 2.40. The van der Waals surface area contributed by atoms with E-state index in [0.29, 0.717) is 12.1 Å². The minimum absolute atomic E-state index is 0.394. The van der Waals surface area contributed by atoms with E-state index >= 15 is 0 Å². The van der Waals surface area contributed by atoms with E-state index in [0.717, 1.165) is 37.5 Å². The van der Waals surface area contributed by atoms with Gasteiger partial charge in [0.25, 0.3) is 0 Å². The van der Waals surface area contributed by atoms with Gasteiger partial charge in [0.15, 0.2) is 0 Å². The van der Waals surface area contributed by atoms with Crippen molar-refractivity contribution in [3.05, 3.63) is 28.8 Å². The SMILES string of the molecule is COC1CCN(c2c(Cl)cccc2CNC(C)C)CC1. The predicted molar refractivity (Wildman–Crippen MR) is 85.7 cm³/mol. The first-order valence-corrected chi connectivity index (χ1v) is 7.78. The summed E-state index contributed by atoms with van der Waals surface area (Å²) in [7, 11) is 1.80. The van der Waals surface area contributed by atoms with Gasteiger partial charge in [0, 0.05) is 32.8 Å². The number of nitrogens with zero attached hydrogens (tertiary/aromatic N) is 1. The standard InChI is InChI=1S/C16H25ClN2O/c1-12(2)18-11-13-5-4-6-15(17)16(13)19-9-7-14(20-3)8-10-19/h4-6,12,14,18H,7-11H2,1-3H3. The Labute approximate surface area is 127 Å². The van der Waals surface area contributed by atoms with Crippen LogP contribution >= 0.6 is 11.6 Å². The number of benzene rings is 1. The molecule has 20 heavy (non-hydrogen) atoms. The molecular weight excluding hydrogens is 272 g/mol. The lowest BCUT2D eigenvalue weighted by molar-refractivity contribution is 0.0819. The van der Waals surface area contributed by atoms with E-state index in [1.807, 2.05) is 12.1 Å². The normalized spacial score (nSPS) is 16.9. The van der Waals surface area contributed by atoms with E-state index in [-0.39, 0.29) is 0 Å². The monoisotopic (exact) mass is 296 g/mol. The highest BCUT2D eigenvalue weighted by Crippen LogP contribution is 2.32. The van der Waals surface area contributed by atoms with Crippen LogP contribution in [0.1, 0.15) is 32.3 Å². The van der Waals surface area contributed by atoms with Crippen LogP contribution in [0.2, 0.25) is 5.02 Å². The summed E-state index contributed by atoms with van der Waals surface area (Å²) in [5, 5.41) is 4.33. The molecule has 4 heteroatoms. The molecule has 1 saturated heterocycles. The second-order valence-corrected chi connectivity index (χ2v) is 6.11. The topological polar surface area (TPSA) is 24.5 Å². The molecule has 0 unspecified atom stereocenters. The zero-order chi connectivity index (χ0) is 14.5. The van der Waals surface area contributed by atoms with E-state index in [1.165, 1.54) is 11.3 Å². The number of piperidine rings is 1. The zero-order valence-electron chi connectivity index (χ0n) is 12.7. The van der Waals surface area contributed by atoms with Crippen molar-refractivity contribution >= 4 is 17.3 Å². The lowest BCUT2D eigenvalue weighted by atomic mass is 10.0. The Bertz CT molecular complexity index is 428. The van der Waals surface area contributed by atoms with E-state index < -0.39 is 0 Å². The number of hydrogen-bond acceptors (Lipinski definition) is 3. The van der Waals surface area contributed by atoms with Gasteiger partial charge in [-0.2, -0.15) is 0 Å². The summed E-state index contributed by atoms with van der Waals surface area (Å²) < 4.78 is 5.44. The third-order valence-corrected chi connectivity index (χ3v) is 4.17. The molecule has 1 aliphatic heterocycles. The molecule has 0 radical (unpaired) electrons. The van der Waals surface area contributed by atoms with Crippen LogP contribution in [0.5, 0.6) is 0 Å². The van der Waals surface area contributed by atoms with Gasteiger partial charge in [-0.25, -0.2) is 0 Å². The van der Waals surface area contributed by atoms with Gasteiger partial charge in [-0.05, 0) is 24.5 Å². The third kappa shape index (κ3) is 3.87. The van der Waals surface area contributed by atoms with Crippen LogP contribution in [0.4, 0.5) is 5.69 Å². The quantitative estimate of drug-likeness (QED) is 0.901. The number of nitrogens with one attached hydrogen (secondary N) is 1. The first kappa shape index (κ1) is 15.6. The Morgan fingerprint density at radius 1 is 1.35 bits per heavy atom. The van der Waals surface area contributed by atoms with Gasteiger partial charge < -0.3 is 15.0 Å². The van der Waals surface area contributed by atoms with Gasteiger partial charge in [-0.1, -0.05) is 37.6 Å². The van der Waals surface area contributed by atoms with Gasteiger partial charge in [0.2, 0.25) is 0 Å². The van der Waals surface area contributed by atoms with Crippen LogP contribution in [-0.4, -0.2) is 32.3 Å². The van der Waals surface area contributed by atoms with Crippen LogP contribution in [0, 0.1) is 0 Å². The van der Waals surface area contributed by atoms with Crippen molar-refractivity contribution in [2.75, 3.05) is 25.1 Å². The van der Waals surface area contributed by atoms with Gasteiger partial charge in [-0.3, -0.25) is 0 Å². The lowest BCUT2D eigenvalue weighted by Crippen LogP contribution is -2.37. The van der Waals surface area contributed by atoms with Gasteiger partial charge >= 0.3 is 0 Å². The molecule has 112 valence electrons. The molecule has 0 saturated carbocycles. The van der Waals surface area contributed by atoms with Crippen LogP contribution < -0.4 is 10.2 Å². The molecule has 1 aromatic rings. The van der Waals surface area contributed by atoms with E-state index in [1.54, 1.807) is 7.11 Å². The molecule has 0 amide bonds. The van der Waals surface area contributed by atoms with Crippen molar-refractivity contribution in [3.8, 4) is 0 Å². The Kier molecular flexibility index (Phi) is 5.70. The van der Waals surface area contributed by atoms with Gasteiger partial charge in [0.05, 0.1) is 16.8 Å². The fourth-order valence-corrected chi connectivity index (χ4v) is 3.00. The average Bonchev–Trinajstić information content (AvgIpc) is 2.45. The Balaban J connectivity index is 2.13. The minimum atomic E-state index is 0.394. The van der Waals surface area contributed by atoms with Crippen molar-refractivity contribution in [2.24, 2.45) is 0 Å². The van der Waals surface area contributed by atoms with Crippen LogP contribution in [0.15, 0.2) is 18.2 Å². The van der Waals surface area contributed by atoms with Crippen LogP contribution in [-0.2, 0) is 11.3 Å². The summed E-state index contributed by atoms with van der Waals surface area (Å²) in [6, 6.07) is 6.66. The van der Waals surface area contributed by atoms with E-state index in [2.05, 4.69) is 30.1 Å². The molecule has 0 aliphatic carbocycles. The van der Waals surface area contributed by atoms with Crippen molar-refractivity contribution in [3.63, 3.8) is 0 Å². The van der Waals surface area contributed by atoms with Crippen molar-refractivity contribution in [1.82, 2.24) is 5.32 Å². The second kappa shape index (κ2) is 7.30. The van der Waals surface area contributed by atoms with Crippen LogP contribution in [0.3, 0.4) is 0 Å². The van der Waals surface area contributed by atoms with Crippen molar-refractivity contribution in [2.45, 2.75) is 45.4 Å². The van der Waals surface area contributed by atoms with Crippen molar-refractivity contribution < 1.29 is 4.74 Å². The Hall–Kier alpha value is -0.770.